The highest BCUT2D eigenvalue weighted by Gasteiger charge is 2.40. The quantitative estimate of drug-likeness (QED) is 0.336. The van der Waals surface area contributed by atoms with Gasteiger partial charge in [-0.05, 0) is 20.8 Å². The van der Waals surface area contributed by atoms with Crippen LogP contribution in [-0.2, 0) is 19.1 Å². The van der Waals surface area contributed by atoms with Gasteiger partial charge in [0.05, 0.1) is 18.6 Å². The second-order valence-electron chi connectivity index (χ2n) is 7.76. The Morgan fingerprint density at radius 2 is 1.91 bits per heavy atom. The van der Waals surface area contributed by atoms with Crippen LogP contribution in [0, 0.1) is 17.3 Å². The number of ether oxygens (including phenoxy) is 2. The van der Waals surface area contributed by atoms with Gasteiger partial charge in [-0.3, -0.25) is 19.1 Å². The molecule has 1 aromatic rings. The van der Waals surface area contributed by atoms with Crippen LogP contribution in [0.5, 0.6) is 0 Å². The maximum Gasteiger partial charge on any atom is 0.490 e. The van der Waals surface area contributed by atoms with Gasteiger partial charge in [-0.1, -0.05) is 11.8 Å². The number of esters is 1. The van der Waals surface area contributed by atoms with E-state index in [1.54, 1.807) is 20.8 Å². The second kappa shape index (κ2) is 11.1. The van der Waals surface area contributed by atoms with Crippen molar-refractivity contribution < 1.29 is 42.4 Å². The largest absolute Gasteiger partial charge is 0.490 e. The van der Waals surface area contributed by atoms with Crippen LogP contribution < -0.4 is 17.0 Å². The summed E-state index contributed by atoms with van der Waals surface area (Å²) in [5.74, 6) is 1.94. The highest BCUT2D eigenvalue weighted by atomic mass is 19.4. The third kappa shape index (κ3) is 8.04. The van der Waals surface area contributed by atoms with Gasteiger partial charge in [-0.25, -0.2) is 9.59 Å². The van der Waals surface area contributed by atoms with E-state index in [1.807, 2.05) is 0 Å². The molecule has 2 rings (SSSR count). The molecule has 3 atom stereocenters. The lowest BCUT2D eigenvalue weighted by atomic mass is 9.97. The molecule has 2 heterocycles. The molecule has 184 valence electrons. The Morgan fingerprint density at radius 3 is 2.36 bits per heavy atom. The predicted molar refractivity (Wildman–Crippen MR) is 106 cm³/mol. The number of aromatic amines is 1. The summed E-state index contributed by atoms with van der Waals surface area (Å²) in [5, 5.41) is 16.6. The van der Waals surface area contributed by atoms with Crippen molar-refractivity contribution in [2.75, 3.05) is 13.2 Å². The molecule has 0 bridgehead atoms. The summed E-state index contributed by atoms with van der Waals surface area (Å²) in [4.78, 5) is 47.1. The van der Waals surface area contributed by atoms with E-state index in [-0.39, 0.29) is 25.1 Å². The van der Waals surface area contributed by atoms with Gasteiger partial charge in [-0.2, -0.15) is 13.2 Å². The van der Waals surface area contributed by atoms with Crippen LogP contribution >= 0.6 is 0 Å². The molecule has 1 aliphatic heterocycles. The molecule has 33 heavy (non-hydrogen) atoms. The second-order valence-corrected chi connectivity index (χ2v) is 7.76. The predicted octanol–water partition coefficient (Wildman–Crippen LogP) is -0.282. The standard InChI is InChI=1S/C17H23N3O6.C2HF3O2/c1-17(2,3)15(23)26-11-7-13(25-12(11)9-21)20-8-10(5-4-6-18)14(22)19-16(20)24;3-2(4,5)1(6)7/h8,11-13,21H,6-7,9,18H2,1-3H3,(H,19,22,24);(H,6,7)/t11-,12+,13+;/m0./s1. The molecule has 1 aliphatic rings. The van der Waals surface area contributed by atoms with Gasteiger partial charge < -0.3 is 25.4 Å². The molecular formula is C19H24F3N3O8. The number of carbonyl (C=O) groups is 2. The van der Waals surface area contributed by atoms with Gasteiger partial charge in [0.2, 0.25) is 0 Å². The Hall–Kier alpha value is -3.15. The number of aliphatic hydroxyl groups is 1. The normalized spacial score (nSPS) is 20.2. The number of nitrogens with zero attached hydrogens (tertiary/aromatic N) is 1. The zero-order valence-corrected chi connectivity index (χ0v) is 17.9. The topological polar surface area (TPSA) is 174 Å². The van der Waals surface area contributed by atoms with Crippen LogP contribution in [0.25, 0.3) is 0 Å². The molecule has 1 saturated heterocycles. The molecule has 0 saturated carbocycles. The maximum atomic E-state index is 12.1. The SMILES string of the molecule is CC(C)(C)C(=O)O[C@H]1C[C@H](n2cc(C#CCN)c(=O)[nH]c2=O)O[C@@H]1CO.O=C(O)C(F)(F)F. The van der Waals surface area contributed by atoms with Crippen molar-refractivity contribution in [1.29, 1.82) is 0 Å². The van der Waals surface area contributed by atoms with Crippen molar-refractivity contribution in [2.24, 2.45) is 11.1 Å². The fourth-order valence-corrected chi connectivity index (χ4v) is 2.41. The lowest BCUT2D eigenvalue weighted by Crippen LogP contribution is -2.34. The first-order valence-corrected chi connectivity index (χ1v) is 9.43. The van der Waals surface area contributed by atoms with Crippen LogP contribution in [0.15, 0.2) is 15.8 Å². The molecule has 0 radical (unpaired) electrons. The van der Waals surface area contributed by atoms with Gasteiger partial charge in [0.1, 0.15) is 24.0 Å². The number of aliphatic carboxylic acids is 1. The zero-order chi connectivity index (χ0) is 25.6. The third-order valence-corrected chi connectivity index (χ3v) is 4.08. The van der Waals surface area contributed by atoms with E-state index in [0.29, 0.717) is 0 Å². The minimum atomic E-state index is -5.08. The molecule has 5 N–H and O–H groups in total. The summed E-state index contributed by atoms with van der Waals surface area (Å²) in [6, 6.07) is 0. The number of hydrogen-bond donors (Lipinski definition) is 4. The third-order valence-electron chi connectivity index (χ3n) is 4.08. The number of H-pyrrole nitrogens is 1. The van der Waals surface area contributed by atoms with Crippen LogP contribution in [0.3, 0.4) is 0 Å². The van der Waals surface area contributed by atoms with Crippen molar-refractivity contribution in [3.05, 3.63) is 32.6 Å². The van der Waals surface area contributed by atoms with Crippen molar-refractivity contribution in [2.45, 2.75) is 51.8 Å². The Labute approximate surface area is 185 Å². The zero-order valence-electron chi connectivity index (χ0n) is 17.9. The molecule has 11 nitrogen and oxygen atoms in total. The van der Waals surface area contributed by atoms with E-state index in [0.717, 1.165) is 4.57 Å². The lowest BCUT2D eigenvalue weighted by molar-refractivity contribution is -0.192. The van der Waals surface area contributed by atoms with Crippen molar-refractivity contribution >= 4 is 11.9 Å². The summed E-state index contributed by atoms with van der Waals surface area (Å²) >= 11 is 0. The van der Waals surface area contributed by atoms with Gasteiger partial charge >= 0.3 is 23.8 Å². The molecule has 1 aromatic heterocycles. The molecule has 0 spiro atoms. The van der Waals surface area contributed by atoms with E-state index in [2.05, 4.69) is 16.8 Å². The van der Waals surface area contributed by atoms with Gasteiger partial charge in [0, 0.05) is 12.6 Å². The Morgan fingerprint density at radius 1 is 1.33 bits per heavy atom. The van der Waals surface area contributed by atoms with Crippen LogP contribution in [0.4, 0.5) is 13.2 Å². The maximum absolute atomic E-state index is 12.1. The van der Waals surface area contributed by atoms with E-state index < -0.39 is 53.2 Å². The Bertz CT molecular complexity index is 1030. The van der Waals surface area contributed by atoms with Crippen molar-refractivity contribution in [3.8, 4) is 11.8 Å². The first-order valence-electron chi connectivity index (χ1n) is 9.43. The summed E-state index contributed by atoms with van der Waals surface area (Å²) in [7, 11) is 0. The summed E-state index contributed by atoms with van der Waals surface area (Å²) in [6.45, 7) is 4.83. The van der Waals surface area contributed by atoms with Crippen LogP contribution in [0.2, 0.25) is 0 Å². The lowest BCUT2D eigenvalue weighted by Gasteiger charge is -2.22. The van der Waals surface area contributed by atoms with Crippen LogP contribution in [-0.4, -0.2) is 63.2 Å². The van der Waals surface area contributed by atoms with Gasteiger partial charge in [0.15, 0.2) is 0 Å². The number of aromatic nitrogens is 2. The van der Waals surface area contributed by atoms with Crippen LogP contribution in [0.1, 0.15) is 39.0 Å². The summed E-state index contributed by atoms with van der Waals surface area (Å²) < 4.78 is 44.0. The number of carboxylic acids is 1. The average molecular weight is 479 g/mol. The number of nitrogens with two attached hydrogens (primary N) is 1. The number of carbonyl (C=O) groups excluding carboxylic acids is 1. The van der Waals surface area contributed by atoms with Gasteiger partial charge in [0.25, 0.3) is 5.56 Å². The highest BCUT2D eigenvalue weighted by Crippen LogP contribution is 2.31. The minimum absolute atomic E-state index is 0.0642. The molecule has 0 aliphatic carbocycles. The Balaban J connectivity index is 0.000000675. The monoisotopic (exact) mass is 479 g/mol. The van der Waals surface area contributed by atoms with E-state index >= 15 is 0 Å². The van der Waals surface area contributed by atoms with E-state index in [1.165, 1.54) is 6.20 Å². The molecule has 1 fully saturated rings. The number of carboxylic acid groups (broad SMARTS) is 1. The molecular weight excluding hydrogens is 455 g/mol. The number of hydrogen-bond acceptors (Lipinski definition) is 8. The minimum Gasteiger partial charge on any atom is -0.475 e. The number of rotatable bonds is 3. The Kier molecular flexibility index (Phi) is 9.40. The van der Waals surface area contributed by atoms with Gasteiger partial charge in [-0.15, -0.1) is 0 Å². The fourth-order valence-electron chi connectivity index (χ4n) is 2.41. The summed E-state index contributed by atoms with van der Waals surface area (Å²) in [6.07, 6.45) is -5.95. The van der Waals surface area contributed by atoms with Crippen molar-refractivity contribution in [1.82, 2.24) is 9.55 Å². The molecule has 0 amide bonds. The van der Waals surface area contributed by atoms with E-state index in [4.69, 9.17) is 25.1 Å². The number of aliphatic hydroxyl groups excluding tert-OH is 1. The number of halogens is 3. The first-order chi connectivity index (χ1) is 15.1. The highest BCUT2D eigenvalue weighted by molar-refractivity contribution is 5.75. The number of alkyl halides is 3. The average Bonchev–Trinajstić information content (AvgIpc) is 3.08. The fraction of sp³-hybridized carbons (Fsp3) is 0.579. The molecule has 0 aromatic carbocycles. The number of nitrogens with one attached hydrogen (secondary N) is 1. The van der Waals surface area contributed by atoms with Crippen molar-refractivity contribution in [3.63, 3.8) is 0 Å². The first kappa shape index (κ1) is 27.9. The smallest absolute Gasteiger partial charge is 0.475 e. The molecule has 0 unspecified atom stereocenters. The van der Waals surface area contributed by atoms with E-state index in [9.17, 15) is 32.7 Å². The summed E-state index contributed by atoms with van der Waals surface area (Å²) in [5.41, 5.74) is 3.34. The molecule has 14 heteroatoms.